The van der Waals surface area contributed by atoms with E-state index < -0.39 is 0 Å². The molecule has 2 N–H and O–H groups in total. The third-order valence-corrected chi connectivity index (χ3v) is 5.09. The Labute approximate surface area is 165 Å². The molecule has 0 saturated carbocycles. The summed E-state index contributed by atoms with van der Waals surface area (Å²) in [6.45, 7) is 2.84. The highest BCUT2D eigenvalue weighted by atomic mass is 35.5. The van der Waals surface area contributed by atoms with Crippen molar-refractivity contribution >= 4 is 50.7 Å². The zero-order chi connectivity index (χ0) is 18.6. The molecule has 0 aliphatic heterocycles. The van der Waals surface area contributed by atoms with E-state index in [1.54, 1.807) is 11.3 Å². The molecule has 4 aromatic rings. The monoisotopic (exact) mass is 396 g/mol. The van der Waals surface area contributed by atoms with Crippen molar-refractivity contribution in [1.82, 2.24) is 19.9 Å². The van der Waals surface area contributed by atoms with Crippen molar-refractivity contribution in [2.24, 2.45) is 0 Å². The predicted octanol–water partition coefficient (Wildman–Crippen LogP) is 5.09. The Morgan fingerprint density at radius 3 is 2.70 bits per heavy atom. The van der Waals surface area contributed by atoms with Gasteiger partial charge in [0, 0.05) is 12.2 Å². The van der Waals surface area contributed by atoms with Crippen LogP contribution >= 0.6 is 22.9 Å². The Bertz CT molecular complexity index is 1050. The standard InChI is InChI=1S/C19H17ClN6S/c1-12(13-5-3-2-4-6-13)10-21-18-24-17(20)25-19(26-18)23-14-7-8-15-16(9-14)27-11-22-15/h2-9,11-12H,10H2,1H3,(H2,21,23,24,25,26)/t12-/m0/s1. The lowest BCUT2D eigenvalue weighted by atomic mass is 10.0. The van der Waals surface area contributed by atoms with Gasteiger partial charge in [-0.2, -0.15) is 15.0 Å². The second-order valence-electron chi connectivity index (χ2n) is 6.10. The van der Waals surface area contributed by atoms with E-state index in [-0.39, 0.29) is 5.28 Å². The van der Waals surface area contributed by atoms with Gasteiger partial charge < -0.3 is 10.6 Å². The third kappa shape index (κ3) is 4.32. The summed E-state index contributed by atoms with van der Waals surface area (Å²) in [4.78, 5) is 17.0. The quantitative estimate of drug-likeness (QED) is 0.472. The van der Waals surface area contributed by atoms with E-state index in [0.29, 0.717) is 24.4 Å². The summed E-state index contributed by atoms with van der Waals surface area (Å²) in [6.07, 6.45) is 0. The van der Waals surface area contributed by atoms with E-state index in [0.717, 1.165) is 15.9 Å². The summed E-state index contributed by atoms with van der Waals surface area (Å²) < 4.78 is 1.09. The summed E-state index contributed by atoms with van der Waals surface area (Å²) in [5, 5.41) is 6.56. The largest absolute Gasteiger partial charge is 0.353 e. The van der Waals surface area contributed by atoms with Crippen LogP contribution in [0.1, 0.15) is 18.4 Å². The number of anilines is 3. The van der Waals surface area contributed by atoms with Gasteiger partial charge in [-0.15, -0.1) is 11.3 Å². The van der Waals surface area contributed by atoms with E-state index in [4.69, 9.17) is 11.6 Å². The molecule has 8 heteroatoms. The Hall–Kier alpha value is -2.77. The molecule has 136 valence electrons. The van der Waals surface area contributed by atoms with Crippen molar-refractivity contribution in [2.75, 3.05) is 17.2 Å². The lowest BCUT2D eigenvalue weighted by Gasteiger charge is -2.13. The average molecular weight is 397 g/mol. The van der Waals surface area contributed by atoms with Crippen LogP contribution in [0.2, 0.25) is 5.28 Å². The first-order chi connectivity index (χ1) is 13.2. The number of thiazole rings is 1. The van der Waals surface area contributed by atoms with Crippen LogP contribution in [0.25, 0.3) is 10.2 Å². The number of nitrogens with one attached hydrogen (secondary N) is 2. The Balaban J connectivity index is 1.47. The van der Waals surface area contributed by atoms with Crippen molar-refractivity contribution in [3.63, 3.8) is 0 Å². The smallest absolute Gasteiger partial charge is 0.233 e. The van der Waals surface area contributed by atoms with Crippen molar-refractivity contribution in [3.8, 4) is 0 Å². The molecule has 2 heterocycles. The lowest BCUT2D eigenvalue weighted by Crippen LogP contribution is -2.13. The number of hydrogen-bond acceptors (Lipinski definition) is 7. The van der Waals surface area contributed by atoms with Gasteiger partial charge >= 0.3 is 0 Å². The first kappa shape index (κ1) is 17.6. The highest BCUT2D eigenvalue weighted by molar-refractivity contribution is 7.16. The highest BCUT2D eigenvalue weighted by Gasteiger charge is 2.09. The molecule has 0 fully saturated rings. The third-order valence-electron chi connectivity index (χ3n) is 4.13. The van der Waals surface area contributed by atoms with Crippen LogP contribution < -0.4 is 10.6 Å². The summed E-state index contributed by atoms with van der Waals surface area (Å²) in [6, 6.07) is 16.2. The molecular weight excluding hydrogens is 380 g/mol. The molecule has 27 heavy (non-hydrogen) atoms. The fraction of sp³-hybridized carbons (Fsp3) is 0.158. The Kier molecular flexibility index (Phi) is 5.13. The van der Waals surface area contributed by atoms with Gasteiger partial charge in [0.1, 0.15) is 0 Å². The number of halogens is 1. The second-order valence-corrected chi connectivity index (χ2v) is 7.33. The number of aromatic nitrogens is 4. The molecule has 4 rings (SSSR count). The fourth-order valence-electron chi connectivity index (χ4n) is 2.69. The second kappa shape index (κ2) is 7.85. The van der Waals surface area contributed by atoms with Gasteiger partial charge in [0.25, 0.3) is 0 Å². The number of fused-ring (bicyclic) bond motifs is 1. The van der Waals surface area contributed by atoms with Crippen LogP contribution in [0.15, 0.2) is 54.0 Å². The maximum absolute atomic E-state index is 6.08. The van der Waals surface area contributed by atoms with Crippen LogP contribution in [0.5, 0.6) is 0 Å². The van der Waals surface area contributed by atoms with Crippen LogP contribution in [-0.4, -0.2) is 26.5 Å². The minimum atomic E-state index is 0.140. The summed E-state index contributed by atoms with van der Waals surface area (Å²) in [5.74, 6) is 1.15. The van der Waals surface area contributed by atoms with Crippen LogP contribution in [0.3, 0.4) is 0 Å². The van der Waals surface area contributed by atoms with Crippen molar-refractivity contribution in [3.05, 3.63) is 64.9 Å². The molecule has 0 amide bonds. The Morgan fingerprint density at radius 1 is 1.04 bits per heavy atom. The minimum Gasteiger partial charge on any atom is -0.353 e. The Morgan fingerprint density at radius 2 is 1.85 bits per heavy atom. The van der Waals surface area contributed by atoms with Gasteiger partial charge in [0.2, 0.25) is 17.2 Å². The van der Waals surface area contributed by atoms with Gasteiger partial charge in [-0.1, -0.05) is 37.3 Å². The SMILES string of the molecule is C[C@@H](CNc1nc(Cl)nc(Nc2ccc3ncsc3c2)n1)c1ccccc1. The highest BCUT2D eigenvalue weighted by Crippen LogP contribution is 2.24. The van der Waals surface area contributed by atoms with Crippen LogP contribution in [-0.2, 0) is 0 Å². The zero-order valence-corrected chi connectivity index (χ0v) is 16.1. The number of nitrogens with zero attached hydrogens (tertiary/aromatic N) is 4. The molecule has 1 atom stereocenters. The molecule has 0 spiro atoms. The van der Waals surface area contributed by atoms with Gasteiger partial charge in [-0.05, 0) is 41.3 Å². The van der Waals surface area contributed by atoms with E-state index >= 15 is 0 Å². The molecule has 6 nitrogen and oxygen atoms in total. The number of hydrogen-bond donors (Lipinski definition) is 2. The summed E-state index contributed by atoms with van der Waals surface area (Å²) in [5.41, 5.74) is 4.92. The molecule has 0 aliphatic carbocycles. The molecular formula is C19H17ClN6S. The zero-order valence-electron chi connectivity index (χ0n) is 14.6. The van der Waals surface area contributed by atoms with Crippen LogP contribution in [0.4, 0.5) is 17.6 Å². The molecule has 0 aliphatic rings. The topological polar surface area (TPSA) is 75.6 Å². The molecule has 0 unspecified atom stereocenters. The fourth-order valence-corrected chi connectivity index (χ4v) is 3.57. The molecule has 0 radical (unpaired) electrons. The number of benzene rings is 2. The first-order valence-electron chi connectivity index (χ1n) is 8.48. The summed E-state index contributed by atoms with van der Waals surface area (Å²) in [7, 11) is 0. The van der Waals surface area contributed by atoms with Crippen molar-refractivity contribution < 1.29 is 0 Å². The van der Waals surface area contributed by atoms with Crippen molar-refractivity contribution in [1.29, 1.82) is 0 Å². The molecule has 2 aromatic heterocycles. The van der Waals surface area contributed by atoms with E-state index in [9.17, 15) is 0 Å². The number of rotatable bonds is 6. The van der Waals surface area contributed by atoms with Gasteiger partial charge in [-0.3, -0.25) is 0 Å². The van der Waals surface area contributed by atoms with E-state index in [2.05, 4.69) is 49.6 Å². The van der Waals surface area contributed by atoms with Crippen LogP contribution in [0, 0.1) is 0 Å². The van der Waals surface area contributed by atoms with Crippen molar-refractivity contribution in [2.45, 2.75) is 12.8 Å². The minimum absolute atomic E-state index is 0.140. The molecule has 0 bridgehead atoms. The maximum Gasteiger partial charge on any atom is 0.233 e. The van der Waals surface area contributed by atoms with Gasteiger partial charge in [0.05, 0.1) is 15.7 Å². The predicted molar refractivity (Wildman–Crippen MR) is 111 cm³/mol. The van der Waals surface area contributed by atoms with E-state index in [1.807, 2.05) is 41.9 Å². The van der Waals surface area contributed by atoms with E-state index in [1.165, 1.54) is 5.56 Å². The van der Waals surface area contributed by atoms with Gasteiger partial charge in [0.15, 0.2) is 0 Å². The van der Waals surface area contributed by atoms with Gasteiger partial charge in [-0.25, -0.2) is 4.98 Å². The molecule has 0 saturated heterocycles. The average Bonchev–Trinajstić information content (AvgIpc) is 3.14. The normalized spacial score (nSPS) is 12.1. The molecule has 2 aromatic carbocycles. The lowest BCUT2D eigenvalue weighted by molar-refractivity contribution is 0.795. The summed E-state index contributed by atoms with van der Waals surface area (Å²) >= 11 is 7.66. The first-order valence-corrected chi connectivity index (χ1v) is 9.74. The maximum atomic E-state index is 6.08.